The summed E-state index contributed by atoms with van der Waals surface area (Å²) >= 11 is 0. The van der Waals surface area contributed by atoms with Crippen LogP contribution in [0.3, 0.4) is 0 Å². The molecule has 1 aromatic carbocycles. The molecule has 0 unspecified atom stereocenters. The van der Waals surface area contributed by atoms with Crippen LogP contribution in [0.2, 0.25) is 0 Å². The van der Waals surface area contributed by atoms with Gasteiger partial charge in [-0.1, -0.05) is 6.07 Å². The van der Waals surface area contributed by atoms with Gasteiger partial charge in [0.05, 0.1) is 5.69 Å². The van der Waals surface area contributed by atoms with Crippen LogP contribution in [0.5, 0.6) is 0 Å². The van der Waals surface area contributed by atoms with Crippen molar-refractivity contribution in [3.05, 3.63) is 23.8 Å². The van der Waals surface area contributed by atoms with Gasteiger partial charge in [-0.3, -0.25) is 5.32 Å². The van der Waals surface area contributed by atoms with Crippen LogP contribution in [0.4, 0.5) is 16.2 Å². The zero-order chi connectivity index (χ0) is 13.1. The number of nitrogens with two attached hydrogens (primary N) is 1. The fourth-order valence-corrected chi connectivity index (χ4v) is 1.27. The lowest BCUT2D eigenvalue weighted by Gasteiger charge is -2.20. The summed E-state index contributed by atoms with van der Waals surface area (Å²) in [6, 6.07) is 5.04. The van der Waals surface area contributed by atoms with E-state index in [-0.39, 0.29) is 0 Å². The van der Waals surface area contributed by atoms with E-state index in [1.807, 2.05) is 0 Å². The van der Waals surface area contributed by atoms with Crippen molar-refractivity contribution in [3.8, 4) is 0 Å². The smallest absolute Gasteiger partial charge is 0.412 e. The van der Waals surface area contributed by atoms with E-state index in [4.69, 9.17) is 15.9 Å². The van der Waals surface area contributed by atoms with Gasteiger partial charge in [-0.15, -0.1) is 0 Å². The number of nitrogen functional groups attached to an aromatic ring is 1. The van der Waals surface area contributed by atoms with Gasteiger partial charge in [0.15, 0.2) is 0 Å². The Balaban J connectivity index is 2.85. The molecule has 0 aliphatic carbocycles. The molecule has 0 spiro atoms. The van der Waals surface area contributed by atoms with E-state index in [0.717, 1.165) is 6.21 Å². The molecule has 5 heteroatoms. The molecular formula is C12H17N3O2. The molecular weight excluding hydrogens is 218 g/mol. The molecule has 0 aliphatic heterocycles. The van der Waals surface area contributed by atoms with E-state index in [2.05, 4.69) is 5.32 Å². The molecule has 0 heterocycles. The van der Waals surface area contributed by atoms with Gasteiger partial charge in [-0.2, -0.15) is 0 Å². The molecule has 17 heavy (non-hydrogen) atoms. The molecule has 1 amide bonds. The second-order valence-electron chi connectivity index (χ2n) is 4.58. The zero-order valence-electron chi connectivity index (χ0n) is 10.2. The van der Waals surface area contributed by atoms with Gasteiger partial charge in [0.1, 0.15) is 5.60 Å². The fourth-order valence-electron chi connectivity index (χ4n) is 1.27. The molecule has 0 fully saturated rings. The second kappa shape index (κ2) is 4.86. The minimum atomic E-state index is -0.564. The van der Waals surface area contributed by atoms with Crippen LogP contribution in [-0.2, 0) is 4.74 Å². The van der Waals surface area contributed by atoms with Crippen molar-refractivity contribution in [3.63, 3.8) is 0 Å². The summed E-state index contributed by atoms with van der Waals surface area (Å²) < 4.78 is 5.12. The van der Waals surface area contributed by atoms with Crippen LogP contribution in [0.25, 0.3) is 0 Å². The first-order chi connectivity index (χ1) is 7.83. The summed E-state index contributed by atoms with van der Waals surface area (Å²) in [5.74, 6) is 0. The SMILES string of the molecule is CC(C)(C)OC(=O)Nc1cccc(N)c1C=N. The molecule has 0 aliphatic rings. The molecule has 0 saturated carbocycles. The number of hydrogen-bond donors (Lipinski definition) is 3. The largest absolute Gasteiger partial charge is 0.444 e. The van der Waals surface area contributed by atoms with Crippen molar-refractivity contribution >= 4 is 23.7 Å². The number of ether oxygens (including phenoxy) is 1. The zero-order valence-corrected chi connectivity index (χ0v) is 10.2. The maximum atomic E-state index is 11.6. The number of nitrogens with one attached hydrogen (secondary N) is 2. The summed E-state index contributed by atoms with van der Waals surface area (Å²) in [6.45, 7) is 5.34. The molecule has 5 nitrogen and oxygen atoms in total. The second-order valence-corrected chi connectivity index (χ2v) is 4.58. The number of hydrogen-bond acceptors (Lipinski definition) is 4. The van der Waals surface area contributed by atoms with E-state index in [9.17, 15) is 4.79 Å². The normalized spacial score (nSPS) is 10.8. The lowest BCUT2D eigenvalue weighted by Crippen LogP contribution is -2.27. The molecule has 1 aromatic rings. The minimum absolute atomic E-state index is 0.438. The Bertz CT molecular complexity index is 436. The Morgan fingerprint density at radius 3 is 2.65 bits per heavy atom. The van der Waals surface area contributed by atoms with E-state index >= 15 is 0 Å². The monoisotopic (exact) mass is 235 g/mol. The number of anilines is 2. The van der Waals surface area contributed by atoms with Gasteiger partial charge in [-0.05, 0) is 32.9 Å². The summed E-state index contributed by atoms with van der Waals surface area (Å²) in [5.41, 5.74) is 6.51. The van der Waals surface area contributed by atoms with Crippen LogP contribution in [0, 0.1) is 5.41 Å². The van der Waals surface area contributed by atoms with Crippen LogP contribution >= 0.6 is 0 Å². The molecule has 0 saturated heterocycles. The lowest BCUT2D eigenvalue weighted by atomic mass is 10.1. The molecule has 0 radical (unpaired) electrons. The third kappa shape index (κ3) is 3.79. The number of rotatable bonds is 2. The number of benzene rings is 1. The van der Waals surface area contributed by atoms with Gasteiger partial charge in [0.25, 0.3) is 0 Å². The highest BCUT2D eigenvalue weighted by atomic mass is 16.6. The van der Waals surface area contributed by atoms with Crippen molar-refractivity contribution in [1.29, 1.82) is 5.41 Å². The van der Waals surface area contributed by atoms with Gasteiger partial charge in [-0.25, -0.2) is 4.79 Å². The van der Waals surface area contributed by atoms with E-state index in [1.54, 1.807) is 39.0 Å². The van der Waals surface area contributed by atoms with Crippen LogP contribution in [0.1, 0.15) is 26.3 Å². The van der Waals surface area contributed by atoms with E-state index in [1.165, 1.54) is 0 Å². The van der Waals surface area contributed by atoms with Crippen molar-refractivity contribution in [2.75, 3.05) is 11.1 Å². The highest BCUT2D eigenvalue weighted by Gasteiger charge is 2.17. The van der Waals surface area contributed by atoms with E-state index in [0.29, 0.717) is 16.9 Å². The third-order valence-electron chi connectivity index (χ3n) is 1.92. The quantitative estimate of drug-likeness (QED) is 0.543. The molecule has 0 bridgehead atoms. The summed E-state index contributed by atoms with van der Waals surface area (Å²) in [5, 5.41) is 9.82. The van der Waals surface area contributed by atoms with E-state index < -0.39 is 11.7 Å². The van der Waals surface area contributed by atoms with Crippen LogP contribution in [-0.4, -0.2) is 17.9 Å². The standard InChI is InChI=1S/C12H17N3O2/c1-12(2,3)17-11(16)15-10-6-4-5-9(14)8(10)7-13/h4-7,13H,14H2,1-3H3,(H,15,16). The van der Waals surface area contributed by atoms with Crippen molar-refractivity contribution in [2.45, 2.75) is 26.4 Å². The first-order valence-corrected chi connectivity index (χ1v) is 5.22. The summed E-state index contributed by atoms with van der Waals surface area (Å²) in [7, 11) is 0. The molecule has 4 N–H and O–H groups in total. The first-order valence-electron chi connectivity index (χ1n) is 5.22. The van der Waals surface area contributed by atoms with Crippen molar-refractivity contribution < 1.29 is 9.53 Å². The summed E-state index contributed by atoms with van der Waals surface area (Å²) in [4.78, 5) is 11.6. The van der Waals surface area contributed by atoms with Crippen molar-refractivity contribution in [2.24, 2.45) is 0 Å². The molecule has 0 aromatic heterocycles. The average Bonchev–Trinajstić information content (AvgIpc) is 2.14. The van der Waals surface area contributed by atoms with Crippen LogP contribution in [0.15, 0.2) is 18.2 Å². The number of carbonyl (C=O) groups is 1. The highest BCUT2D eigenvalue weighted by Crippen LogP contribution is 2.20. The Hall–Kier alpha value is -2.04. The maximum absolute atomic E-state index is 11.6. The fraction of sp³-hybridized carbons (Fsp3) is 0.333. The Labute approximate surface area is 100 Å². The number of carbonyl (C=O) groups excluding carboxylic acids is 1. The minimum Gasteiger partial charge on any atom is -0.444 e. The topological polar surface area (TPSA) is 88.2 Å². The van der Waals surface area contributed by atoms with Crippen molar-refractivity contribution in [1.82, 2.24) is 0 Å². The highest BCUT2D eigenvalue weighted by molar-refractivity contribution is 5.98. The molecule has 92 valence electrons. The Morgan fingerprint density at radius 2 is 2.12 bits per heavy atom. The Morgan fingerprint density at radius 1 is 1.47 bits per heavy atom. The molecule has 1 rings (SSSR count). The first kappa shape index (κ1) is 13.0. The van der Waals surface area contributed by atoms with Gasteiger partial charge in [0.2, 0.25) is 0 Å². The third-order valence-corrected chi connectivity index (χ3v) is 1.92. The number of amides is 1. The Kier molecular flexibility index (Phi) is 3.73. The predicted molar refractivity (Wildman–Crippen MR) is 68.6 cm³/mol. The van der Waals surface area contributed by atoms with Gasteiger partial charge >= 0.3 is 6.09 Å². The molecule has 0 atom stereocenters. The predicted octanol–water partition coefficient (Wildman–Crippen LogP) is 2.61. The average molecular weight is 235 g/mol. The van der Waals surface area contributed by atoms with Gasteiger partial charge < -0.3 is 15.9 Å². The van der Waals surface area contributed by atoms with Gasteiger partial charge in [0, 0.05) is 17.5 Å². The summed E-state index contributed by atoms with van der Waals surface area (Å²) in [6.07, 6.45) is 0.536. The maximum Gasteiger partial charge on any atom is 0.412 e. The van der Waals surface area contributed by atoms with Crippen LogP contribution < -0.4 is 11.1 Å². The lowest BCUT2D eigenvalue weighted by molar-refractivity contribution is 0.0636.